The summed E-state index contributed by atoms with van der Waals surface area (Å²) >= 11 is 5.18. The van der Waals surface area contributed by atoms with Crippen LogP contribution in [0, 0.1) is 17.0 Å². The number of hydrogen-bond donors (Lipinski definition) is 2. The zero-order chi connectivity index (χ0) is 15.9. The van der Waals surface area contributed by atoms with Crippen molar-refractivity contribution in [2.75, 3.05) is 11.9 Å². The van der Waals surface area contributed by atoms with Gasteiger partial charge in [0.25, 0.3) is 5.69 Å². The van der Waals surface area contributed by atoms with E-state index in [9.17, 15) is 10.1 Å². The molecule has 7 nitrogen and oxygen atoms in total. The first-order valence-corrected chi connectivity index (χ1v) is 7.25. The number of nitrogens with zero attached hydrogens (tertiary/aromatic N) is 3. The molecule has 0 aliphatic heterocycles. The summed E-state index contributed by atoms with van der Waals surface area (Å²) in [6, 6.07) is 8.09. The maximum atomic E-state index is 10.6. The third kappa shape index (κ3) is 4.52. The molecule has 0 saturated carbocycles. The van der Waals surface area contributed by atoms with Gasteiger partial charge in [-0.25, -0.2) is 0 Å². The largest absolute Gasteiger partial charge is 0.362 e. The Bertz CT molecular complexity index is 654. The molecule has 0 amide bonds. The highest BCUT2D eigenvalue weighted by Gasteiger charge is 2.04. The normalized spacial score (nSPS) is 10.2. The Morgan fingerprint density at radius 3 is 2.68 bits per heavy atom. The number of rotatable bonds is 6. The first-order valence-electron chi connectivity index (χ1n) is 6.84. The molecule has 2 rings (SSSR count). The van der Waals surface area contributed by atoms with Gasteiger partial charge in [0.05, 0.1) is 4.92 Å². The summed E-state index contributed by atoms with van der Waals surface area (Å²) in [4.78, 5) is 10.1. The summed E-state index contributed by atoms with van der Waals surface area (Å²) in [6.07, 6.45) is 2.67. The van der Waals surface area contributed by atoms with Crippen molar-refractivity contribution in [1.29, 1.82) is 0 Å². The van der Waals surface area contributed by atoms with Crippen molar-refractivity contribution in [3.8, 4) is 0 Å². The number of aryl methyl sites for hydroxylation is 2. The Morgan fingerprint density at radius 2 is 2.09 bits per heavy atom. The fourth-order valence-electron chi connectivity index (χ4n) is 1.91. The highest BCUT2D eigenvalue weighted by Crippen LogP contribution is 2.15. The van der Waals surface area contributed by atoms with Gasteiger partial charge in [-0.2, -0.15) is 5.10 Å². The molecular weight excluding hydrogens is 302 g/mol. The minimum Gasteiger partial charge on any atom is -0.362 e. The van der Waals surface area contributed by atoms with Gasteiger partial charge in [-0.05, 0) is 43.8 Å². The Kier molecular flexibility index (Phi) is 5.42. The van der Waals surface area contributed by atoms with Crippen LogP contribution in [0.15, 0.2) is 36.5 Å². The van der Waals surface area contributed by atoms with E-state index in [2.05, 4.69) is 15.7 Å². The van der Waals surface area contributed by atoms with Gasteiger partial charge in [0, 0.05) is 42.8 Å². The highest BCUT2D eigenvalue weighted by molar-refractivity contribution is 7.80. The van der Waals surface area contributed by atoms with Gasteiger partial charge in [0.2, 0.25) is 0 Å². The van der Waals surface area contributed by atoms with Crippen LogP contribution in [0.5, 0.6) is 0 Å². The summed E-state index contributed by atoms with van der Waals surface area (Å²) in [5.41, 5.74) is 1.90. The number of nitro benzene ring substituents is 1. The number of aromatic nitrogens is 2. The molecule has 22 heavy (non-hydrogen) atoms. The average molecular weight is 319 g/mol. The molecule has 0 saturated heterocycles. The van der Waals surface area contributed by atoms with Gasteiger partial charge in [0.15, 0.2) is 5.11 Å². The zero-order valence-electron chi connectivity index (χ0n) is 12.2. The number of anilines is 1. The van der Waals surface area contributed by atoms with Gasteiger partial charge in [-0.3, -0.25) is 14.8 Å². The van der Waals surface area contributed by atoms with Crippen molar-refractivity contribution in [1.82, 2.24) is 15.1 Å². The quantitative estimate of drug-likeness (QED) is 0.368. The van der Waals surface area contributed by atoms with Gasteiger partial charge >= 0.3 is 0 Å². The van der Waals surface area contributed by atoms with Gasteiger partial charge < -0.3 is 10.6 Å². The minimum atomic E-state index is -0.433. The second kappa shape index (κ2) is 7.51. The molecule has 1 aromatic heterocycles. The second-order valence-electron chi connectivity index (χ2n) is 4.73. The molecule has 8 heteroatoms. The number of hydrogen-bond acceptors (Lipinski definition) is 4. The fraction of sp³-hybridized carbons (Fsp3) is 0.286. The minimum absolute atomic E-state index is 0.0546. The third-order valence-corrected chi connectivity index (χ3v) is 3.34. The van der Waals surface area contributed by atoms with E-state index in [4.69, 9.17) is 12.2 Å². The topological polar surface area (TPSA) is 85.0 Å². The molecule has 0 radical (unpaired) electrons. The highest BCUT2D eigenvalue weighted by atomic mass is 32.1. The molecule has 2 N–H and O–H groups in total. The number of nitro groups is 1. The van der Waals surface area contributed by atoms with E-state index >= 15 is 0 Å². The monoisotopic (exact) mass is 319 g/mol. The van der Waals surface area contributed by atoms with Gasteiger partial charge in [0.1, 0.15) is 0 Å². The molecular formula is C14H17N5O2S. The van der Waals surface area contributed by atoms with E-state index in [0.717, 1.165) is 25.2 Å². The van der Waals surface area contributed by atoms with E-state index in [-0.39, 0.29) is 5.69 Å². The number of non-ortho nitro benzene ring substituents is 1. The fourth-order valence-corrected chi connectivity index (χ4v) is 2.13. The third-order valence-electron chi connectivity index (χ3n) is 3.10. The van der Waals surface area contributed by atoms with Crippen LogP contribution in [0.25, 0.3) is 0 Å². The summed E-state index contributed by atoms with van der Waals surface area (Å²) in [5, 5.41) is 21.4. The van der Waals surface area contributed by atoms with E-state index in [1.165, 1.54) is 12.1 Å². The molecule has 1 aromatic carbocycles. The van der Waals surface area contributed by atoms with Crippen molar-refractivity contribution in [2.24, 2.45) is 0 Å². The van der Waals surface area contributed by atoms with Crippen molar-refractivity contribution < 1.29 is 4.92 Å². The van der Waals surface area contributed by atoms with Crippen LogP contribution in [-0.4, -0.2) is 26.4 Å². The smallest absolute Gasteiger partial charge is 0.269 e. The Hall–Kier alpha value is -2.48. The molecule has 0 aliphatic carbocycles. The van der Waals surface area contributed by atoms with Crippen molar-refractivity contribution >= 4 is 28.7 Å². The Morgan fingerprint density at radius 1 is 1.36 bits per heavy atom. The average Bonchev–Trinajstić information content (AvgIpc) is 2.89. The number of thiocarbonyl (C=S) groups is 1. The number of nitrogens with one attached hydrogen (secondary N) is 2. The standard InChI is InChI=1S/C14H17N5O2S/c1-11-7-9-16-18(11)10-2-8-15-14(22)17-12-3-5-13(6-4-12)19(20)21/h3-7,9H,2,8,10H2,1H3,(H2,15,17,22). The molecule has 2 aromatic rings. The lowest BCUT2D eigenvalue weighted by atomic mass is 10.3. The first kappa shape index (κ1) is 15.9. The van der Waals surface area contributed by atoms with E-state index in [0.29, 0.717) is 10.8 Å². The molecule has 0 spiro atoms. The van der Waals surface area contributed by atoms with Crippen molar-refractivity contribution in [2.45, 2.75) is 19.9 Å². The predicted octanol–water partition coefficient (Wildman–Crippen LogP) is 2.48. The van der Waals surface area contributed by atoms with Crippen molar-refractivity contribution in [3.05, 3.63) is 52.3 Å². The molecule has 1 heterocycles. The van der Waals surface area contributed by atoms with Crippen LogP contribution in [-0.2, 0) is 6.54 Å². The predicted molar refractivity (Wildman–Crippen MR) is 88.9 cm³/mol. The second-order valence-corrected chi connectivity index (χ2v) is 5.14. The van der Waals surface area contributed by atoms with Crippen LogP contribution in [0.1, 0.15) is 12.1 Å². The van der Waals surface area contributed by atoms with Crippen LogP contribution in [0.2, 0.25) is 0 Å². The molecule has 0 fully saturated rings. The lowest BCUT2D eigenvalue weighted by Crippen LogP contribution is -2.29. The van der Waals surface area contributed by atoms with Crippen LogP contribution in [0.3, 0.4) is 0 Å². The van der Waals surface area contributed by atoms with E-state index in [1.807, 2.05) is 17.7 Å². The maximum absolute atomic E-state index is 10.6. The molecule has 116 valence electrons. The summed E-state index contributed by atoms with van der Waals surface area (Å²) in [6.45, 7) is 3.56. The van der Waals surface area contributed by atoms with Crippen molar-refractivity contribution in [3.63, 3.8) is 0 Å². The van der Waals surface area contributed by atoms with Crippen LogP contribution in [0.4, 0.5) is 11.4 Å². The molecule has 0 aliphatic rings. The summed E-state index contributed by atoms with van der Waals surface area (Å²) < 4.78 is 1.94. The van der Waals surface area contributed by atoms with E-state index < -0.39 is 4.92 Å². The molecule has 0 bridgehead atoms. The first-order chi connectivity index (χ1) is 10.6. The van der Waals surface area contributed by atoms with Gasteiger partial charge in [-0.15, -0.1) is 0 Å². The lowest BCUT2D eigenvalue weighted by Gasteiger charge is -2.10. The Labute approximate surface area is 133 Å². The SMILES string of the molecule is Cc1ccnn1CCCNC(=S)Nc1ccc([N+](=O)[O-])cc1. The Balaban J connectivity index is 1.71. The number of benzene rings is 1. The maximum Gasteiger partial charge on any atom is 0.269 e. The van der Waals surface area contributed by atoms with Gasteiger partial charge in [-0.1, -0.05) is 0 Å². The lowest BCUT2D eigenvalue weighted by molar-refractivity contribution is -0.384. The van der Waals surface area contributed by atoms with E-state index in [1.54, 1.807) is 18.3 Å². The van der Waals surface area contributed by atoms with Crippen LogP contribution < -0.4 is 10.6 Å². The zero-order valence-corrected chi connectivity index (χ0v) is 13.0. The molecule has 0 atom stereocenters. The van der Waals surface area contributed by atoms with Crippen LogP contribution >= 0.6 is 12.2 Å². The summed E-state index contributed by atoms with van der Waals surface area (Å²) in [7, 11) is 0. The molecule has 0 unspecified atom stereocenters. The summed E-state index contributed by atoms with van der Waals surface area (Å²) in [5.74, 6) is 0.